The minimum Gasteiger partial charge on any atom is -0.493 e. The number of benzene rings is 1. The van der Waals surface area contributed by atoms with E-state index in [1.165, 1.54) is 26.4 Å². The highest BCUT2D eigenvalue weighted by atomic mass is 35.5. The zero-order valence-corrected chi connectivity index (χ0v) is 15.1. The van der Waals surface area contributed by atoms with E-state index in [0.29, 0.717) is 6.04 Å². The minimum atomic E-state index is -3.02. The second-order valence-corrected chi connectivity index (χ2v) is 5.64. The Morgan fingerprint density at radius 2 is 1.88 bits per heavy atom. The number of piperidine rings is 1. The first kappa shape index (κ1) is 21.2. The standard InChI is InChI=1S/C16H22F2N2O4.ClH/c1-9-6-11(4-5-19-9)20-15(21)10-7-12(22-2)14(24-16(17)18)13(8-10)23-3;/h7-9,11,16,19H,4-6H2,1-3H3,(H,20,21);1H. The van der Waals surface area contributed by atoms with Gasteiger partial charge in [0.15, 0.2) is 11.5 Å². The van der Waals surface area contributed by atoms with Gasteiger partial charge in [0.2, 0.25) is 5.75 Å². The number of alkyl halides is 2. The van der Waals surface area contributed by atoms with Gasteiger partial charge in [-0.2, -0.15) is 8.78 Å². The zero-order chi connectivity index (χ0) is 17.7. The van der Waals surface area contributed by atoms with Crippen LogP contribution in [0, 0.1) is 0 Å². The van der Waals surface area contributed by atoms with Crippen molar-refractivity contribution in [2.45, 2.75) is 38.5 Å². The van der Waals surface area contributed by atoms with Crippen molar-refractivity contribution >= 4 is 18.3 Å². The zero-order valence-electron chi connectivity index (χ0n) is 14.3. The van der Waals surface area contributed by atoms with Gasteiger partial charge in [-0.3, -0.25) is 4.79 Å². The van der Waals surface area contributed by atoms with E-state index in [4.69, 9.17) is 9.47 Å². The van der Waals surface area contributed by atoms with Crippen molar-refractivity contribution in [3.05, 3.63) is 17.7 Å². The number of carbonyl (C=O) groups is 1. The Bertz CT molecular complexity index is 564. The Kier molecular flexibility index (Phi) is 8.18. The quantitative estimate of drug-likeness (QED) is 0.794. The van der Waals surface area contributed by atoms with Crippen LogP contribution in [0.25, 0.3) is 0 Å². The summed E-state index contributed by atoms with van der Waals surface area (Å²) in [4.78, 5) is 12.5. The molecule has 1 aliphatic heterocycles. The van der Waals surface area contributed by atoms with Gasteiger partial charge >= 0.3 is 6.61 Å². The summed E-state index contributed by atoms with van der Waals surface area (Å²) in [7, 11) is 2.62. The van der Waals surface area contributed by atoms with Crippen molar-refractivity contribution in [2.75, 3.05) is 20.8 Å². The first-order chi connectivity index (χ1) is 11.4. The summed E-state index contributed by atoms with van der Waals surface area (Å²) in [6.45, 7) is -0.135. The van der Waals surface area contributed by atoms with Crippen molar-refractivity contribution in [2.24, 2.45) is 0 Å². The fraction of sp³-hybridized carbons (Fsp3) is 0.562. The molecule has 6 nitrogen and oxygen atoms in total. The fourth-order valence-electron chi connectivity index (χ4n) is 2.75. The first-order valence-electron chi connectivity index (χ1n) is 7.69. The summed E-state index contributed by atoms with van der Waals surface area (Å²) >= 11 is 0. The molecule has 0 radical (unpaired) electrons. The predicted molar refractivity (Wildman–Crippen MR) is 91.4 cm³/mol. The molecule has 25 heavy (non-hydrogen) atoms. The van der Waals surface area contributed by atoms with E-state index in [1.807, 2.05) is 0 Å². The van der Waals surface area contributed by atoms with Crippen LogP contribution in [0.2, 0.25) is 0 Å². The molecule has 1 aromatic rings. The van der Waals surface area contributed by atoms with Crippen LogP contribution in [0.4, 0.5) is 8.78 Å². The van der Waals surface area contributed by atoms with Gasteiger partial charge in [0, 0.05) is 17.6 Å². The van der Waals surface area contributed by atoms with Crippen LogP contribution in [-0.4, -0.2) is 45.4 Å². The van der Waals surface area contributed by atoms with Gasteiger partial charge in [0.25, 0.3) is 5.91 Å². The second kappa shape index (κ2) is 9.62. The SMILES string of the molecule is COc1cc(C(=O)NC2CCNC(C)C2)cc(OC)c1OC(F)F.Cl. The van der Waals surface area contributed by atoms with E-state index in [2.05, 4.69) is 22.3 Å². The third-order valence-electron chi connectivity index (χ3n) is 3.89. The molecule has 2 N–H and O–H groups in total. The molecule has 0 aromatic heterocycles. The minimum absolute atomic E-state index is 0. The van der Waals surface area contributed by atoms with Crippen LogP contribution in [0.15, 0.2) is 12.1 Å². The molecule has 0 bridgehead atoms. The number of halogens is 3. The smallest absolute Gasteiger partial charge is 0.387 e. The summed E-state index contributed by atoms with van der Waals surface area (Å²) in [5.41, 5.74) is 0.261. The normalized spacial score (nSPS) is 19.8. The summed E-state index contributed by atoms with van der Waals surface area (Å²) < 4.78 is 39.6. The van der Waals surface area contributed by atoms with E-state index < -0.39 is 6.61 Å². The Labute approximate surface area is 151 Å². The summed E-state index contributed by atoms with van der Waals surface area (Å²) in [6.07, 6.45) is 1.66. The van der Waals surface area contributed by atoms with Crippen LogP contribution in [0.5, 0.6) is 17.2 Å². The molecule has 1 heterocycles. The second-order valence-electron chi connectivity index (χ2n) is 5.64. The van der Waals surface area contributed by atoms with Gasteiger partial charge in [-0.05, 0) is 38.4 Å². The van der Waals surface area contributed by atoms with E-state index >= 15 is 0 Å². The summed E-state index contributed by atoms with van der Waals surface area (Å²) in [5, 5.41) is 6.26. The number of amides is 1. The third-order valence-corrected chi connectivity index (χ3v) is 3.89. The highest BCUT2D eigenvalue weighted by Crippen LogP contribution is 2.39. The molecule has 0 aliphatic carbocycles. The summed E-state index contributed by atoms with van der Waals surface area (Å²) in [6, 6.07) is 3.11. The lowest BCUT2D eigenvalue weighted by atomic mass is 10.00. The van der Waals surface area contributed by atoms with Crippen molar-refractivity contribution in [1.82, 2.24) is 10.6 Å². The average Bonchev–Trinajstić information content (AvgIpc) is 2.54. The number of ether oxygens (including phenoxy) is 3. The van der Waals surface area contributed by atoms with Gasteiger partial charge in [0.05, 0.1) is 14.2 Å². The molecule has 0 saturated carbocycles. The van der Waals surface area contributed by atoms with E-state index in [1.54, 1.807) is 0 Å². The molecule has 9 heteroatoms. The number of hydrogen-bond acceptors (Lipinski definition) is 5. The molecular weight excluding hydrogens is 358 g/mol. The molecule has 142 valence electrons. The molecule has 1 aromatic carbocycles. The monoisotopic (exact) mass is 380 g/mol. The highest BCUT2D eigenvalue weighted by Gasteiger charge is 2.23. The van der Waals surface area contributed by atoms with Crippen molar-refractivity contribution in [1.29, 1.82) is 0 Å². The van der Waals surface area contributed by atoms with Crippen LogP contribution in [0.1, 0.15) is 30.1 Å². The van der Waals surface area contributed by atoms with Gasteiger partial charge in [-0.15, -0.1) is 12.4 Å². The predicted octanol–water partition coefficient (Wildman–Crippen LogP) is 2.60. The molecular formula is C16H23ClF2N2O4. The molecule has 2 atom stereocenters. The fourth-order valence-corrected chi connectivity index (χ4v) is 2.75. The topological polar surface area (TPSA) is 68.8 Å². The lowest BCUT2D eigenvalue weighted by molar-refractivity contribution is -0.0526. The maximum Gasteiger partial charge on any atom is 0.387 e. The maximum absolute atomic E-state index is 12.5. The number of carbonyl (C=O) groups excluding carboxylic acids is 1. The van der Waals surface area contributed by atoms with Crippen LogP contribution < -0.4 is 24.8 Å². The van der Waals surface area contributed by atoms with Gasteiger partial charge < -0.3 is 24.8 Å². The largest absolute Gasteiger partial charge is 0.493 e. The Morgan fingerprint density at radius 3 is 2.36 bits per heavy atom. The van der Waals surface area contributed by atoms with Crippen LogP contribution >= 0.6 is 12.4 Å². The Morgan fingerprint density at radius 1 is 1.28 bits per heavy atom. The van der Waals surface area contributed by atoms with E-state index in [9.17, 15) is 13.6 Å². The number of methoxy groups -OCH3 is 2. The van der Waals surface area contributed by atoms with Gasteiger partial charge in [-0.25, -0.2) is 0 Å². The molecule has 2 rings (SSSR count). The molecule has 1 saturated heterocycles. The van der Waals surface area contributed by atoms with Gasteiger partial charge in [-0.1, -0.05) is 0 Å². The Balaban J connectivity index is 0.00000312. The first-order valence-corrected chi connectivity index (χ1v) is 7.69. The highest BCUT2D eigenvalue weighted by molar-refractivity contribution is 5.95. The van der Waals surface area contributed by atoms with Crippen LogP contribution in [-0.2, 0) is 0 Å². The maximum atomic E-state index is 12.5. The molecule has 2 unspecified atom stereocenters. The molecule has 1 amide bonds. The Hall–Kier alpha value is -1.80. The van der Waals surface area contributed by atoms with Crippen molar-refractivity contribution in [3.8, 4) is 17.2 Å². The molecule has 1 fully saturated rings. The average molecular weight is 381 g/mol. The van der Waals surface area contributed by atoms with Crippen LogP contribution in [0.3, 0.4) is 0 Å². The number of nitrogens with one attached hydrogen (secondary N) is 2. The lowest BCUT2D eigenvalue weighted by Gasteiger charge is -2.28. The third kappa shape index (κ3) is 5.61. The van der Waals surface area contributed by atoms with E-state index in [0.717, 1.165) is 19.4 Å². The van der Waals surface area contributed by atoms with Crippen molar-refractivity contribution < 1.29 is 27.8 Å². The summed E-state index contributed by atoms with van der Waals surface area (Å²) in [5.74, 6) is -0.520. The lowest BCUT2D eigenvalue weighted by Crippen LogP contribution is -2.46. The number of rotatable bonds is 6. The van der Waals surface area contributed by atoms with E-state index in [-0.39, 0.29) is 47.2 Å². The van der Waals surface area contributed by atoms with Gasteiger partial charge in [0.1, 0.15) is 0 Å². The molecule has 0 spiro atoms. The molecule has 1 aliphatic rings. The van der Waals surface area contributed by atoms with Crippen molar-refractivity contribution in [3.63, 3.8) is 0 Å². The number of hydrogen-bond donors (Lipinski definition) is 2.